The standard InChI is InChI=1S/C22H29N3O2S/c1-4-14-8-10-15(11-9-14)20(13(2)3)24-12-18(26)25-22-19(21(23)27)16-6-5-7-17(16)28-22/h8-11,13,20,24H,4-7,12H2,1-3H3,(H2,23,27)(H,25,26)/t20-/m1/s1. The monoisotopic (exact) mass is 399 g/mol. The van der Waals surface area contributed by atoms with E-state index >= 15 is 0 Å². The van der Waals surface area contributed by atoms with E-state index in [0.29, 0.717) is 16.5 Å². The molecule has 0 spiro atoms. The molecule has 1 aromatic heterocycles. The zero-order chi connectivity index (χ0) is 20.3. The fraction of sp³-hybridized carbons (Fsp3) is 0.455. The summed E-state index contributed by atoms with van der Waals surface area (Å²) in [5.74, 6) is -0.274. The second-order valence-corrected chi connectivity index (χ2v) is 8.78. The largest absolute Gasteiger partial charge is 0.365 e. The molecule has 0 unspecified atom stereocenters. The Morgan fingerprint density at radius 2 is 1.89 bits per heavy atom. The van der Waals surface area contributed by atoms with Gasteiger partial charge in [-0.2, -0.15) is 0 Å². The Kier molecular flexibility index (Phi) is 6.52. The van der Waals surface area contributed by atoms with Crippen molar-refractivity contribution in [2.45, 2.75) is 52.5 Å². The average molecular weight is 400 g/mol. The number of aryl methyl sites for hydroxylation is 2. The summed E-state index contributed by atoms with van der Waals surface area (Å²) in [4.78, 5) is 25.6. The van der Waals surface area contributed by atoms with Crippen molar-refractivity contribution in [1.29, 1.82) is 0 Å². The number of carbonyl (C=O) groups excluding carboxylic acids is 2. The van der Waals surface area contributed by atoms with Crippen LogP contribution in [0.3, 0.4) is 0 Å². The van der Waals surface area contributed by atoms with Gasteiger partial charge in [0.05, 0.1) is 12.1 Å². The van der Waals surface area contributed by atoms with E-state index in [4.69, 9.17) is 5.73 Å². The van der Waals surface area contributed by atoms with Crippen molar-refractivity contribution < 1.29 is 9.59 Å². The van der Waals surface area contributed by atoms with Crippen molar-refractivity contribution in [2.24, 2.45) is 11.7 Å². The zero-order valence-electron chi connectivity index (χ0n) is 16.8. The van der Waals surface area contributed by atoms with E-state index in [-0.39, 0.29) is 18.5 Å². The number of thiophene rings is 1. The molecule has 1 atom stereocenters. The lowest BCUT2D eigenvalue weighted by Gasteiger charge is -2.23. The summed E-state index contributed by atoms with van der Waals surface area (Å²) >= 11 is 1.49. The van der Waals surface area contributed by atoms with Crippen LogP contribution < -0.4 is 16.4 Å². The molecule has 150 valence electrons. The van der Waals surface area contributed by atoms with Gasteiger partial charge in [-0.15, -0.1) is 11.3 Å². The molecule has 0 fully saturated rings. The normalized spacial score (nSPS) is 14.1. The lowest BCUT2D eigenvalue weighted by atomic mass is 9.95. The predicted molar refractivity (Wildman–Crippen MR) is 115 cm³/mol. The van der Waals surface area contributed by atoms with Crippen molar-refractivity contribution in [3.05, 3.63) is 51.4 Å². The minimum atomic E-state index is -0.460. The summed E-state index contributed by atoms with van der Waals surface area (Å²) in [6.07, 6.45) is 3.87. The third kappa shape index (κ3) is 4.45. The second kappa shape index (κ2) is 8.88. The Morgan fingerprint density at radius 1 is 1.18 bits per heavy atom. The number of anilines is 1. The van der Waals surface area contributed by atoms with Gasteiger partial charge >= 0.3 is 0 Å². The molecule has 1 aromatic carbocycles. The number of benzene rings is 1. The quantitative estimate of drug-likeness (QED) is 0.631. The summed E-state index contributed by atoms with van der Waals surface area (Å²) in [5, 5.41) is 6.86. The SMILES string of the molecule is CCc1ccc([C@H](NCC(=O)Nc2sc3c(c2C(N)=O)CCC3)C(C)C)cc1. The summed E-state index contributed by atoms with van der Waals surface area (Å²) in [7, 11) is 0. The van der Waals surface area contributed by atoms with E-state index in [1.54, 1.807) is 0 Å². The van der Waals surface area contributed by atoms with Crippen LogP contribution >= 0.6 is 11.3 Å². The highest BCUT2D eigenvalue weighted by Gasteiger charge is 2.26. The van der Waals surface area contributed by atoms with E-state index in [0.717, 1.165) is 31.2 Å². The van der Waals surface area contributed by atoms with Gasteiger partial charge in [0.25, 0.3) is 5.91 Å². The molecule has 6 heteroatoms. The highest BCUT2D eigenvalue weighted by Crippen LogP contribution is 2.38. The highest BCUT2D eigenvalue weighted by molar-refractivity contribution is 7.17. The van der Waals surface area contributed by atoms with Crippen molar-refractivity contribution in [1.82, 2.24) is 5.32 Å². The van der Waals surface area contributed by atoms with Gasteiger partial charge in [-0.3, -0.25) is 9.59 Å². The minimum absolute atomic E-state index is 0.0839. The molecule has 0 radical (unpaired) electrons. The number of carbonyl (C=O) groups is 2. The van der Waals surface area contributed by atoms with Gasteiger partial charge < -0.3 is 16.4 Å². The Balaban J connectivity index is 1.66. The molecule has 5 nitrogen and oxygen atoms in total. The molecule has 0 saturated carbocycles. The van der Waals surface area contributed by atoms with Crippen LogP contribution in [0.5, 0.6) is 0 Å². The topological polar surface area (TPSA) is 84.2 Å². The molecular weight excluding hydrogens is 370 g/mol. The number of nitrogens with one attached hydrogen (secondary N) is 2. The van der Waals surface area contributed by atoms with Crippen molar-refractivity contribution in [3.63, 3.8) is 0 Å². The van der Waals surface area contributed by atoms with Crippen molar-refractivity contribution in [2.75, 3.05) is 11.9 Å². The van der Waals surface area contributed by atoms with Gasteiger partial charge in [0.15, 0.2) is 0 Å². The molecule has 2 aromatic rings. The average Bonchev–Trinajstić information content (AvgIpc) is 3.22. The second-order valence-electron chi connectivity index (χ2n) is 7.67. The van der Waals surface area contributed by atoms with E-state index in [1.807, 2.05) is 0 Å². The molecule has 1 aliphatic rings. The first-order chi connectivity index (χ1) is 13.4. The predicted octanol–water partition coefficient (Wildman–Crippen LogP) is 3.82. The molecule has 0 saturated heterocycles. The molecule has 4 N–H and O–H groups in total. The molecule has 0 bridgehead atoms. The van der Waals surface area contributed by atoms with Crippen molar-refractivity contribution in [3.8, 4) is 0 Å². The number of fused-ring (bicyclic) bond motifs is 1. The molecule has 2 amide bonds. The number of nitrogens with two attached hydrogens (primary N) is 1. The third-order valence-corrected chi connectivity index (χ3v) is 6.52. The van der Waals surface area contributed by atoms with Crippen LogP contribution in [0.15, 0.2) is 24.3 Å². The van der Waals surface area contributed by atoms with E-state index in [1.165, 1.54) is 27.3 Å². The molecule has 1 heterocycles. The molecule has 0 aliphatic heterocycles. The molecule has 28 heavy (non-hydrogen) atoms. The lowest BCUT2D eigenvalue weighted by molar-refractivity contribution is -0.115. The minimum Gasteiger partial charge on any atom is -0.365 e. The molecular formula is C22H29N3O2S. The molecule has 3 rings (SSSR count). The number of hydrogen-bond acceptors (Lipinski definition) is 4. The Hall–Kier alpha value is -2.18. The van der Waals surface area contributed by atoms with Gasteiger partial charge in [0.1, 0.15) is 5.00 Å². The maximum Gasteiger partial charge on any atom is 0.251 e. The number of primary amides is 1. The van der Waals surface area contributed by atoms with Crippen LogP contribution in [0.4, 0.5) is 5.00 Å². The van der Waals surface area contributed by atoms with Crippen LogP contribution in [0.25, 0.3) is 0 Å². The van der Waals surface area contributed by atoms with Gasteiger partial charge in [-0.25, -0.2) is 0 Å². The fourth-order valence-electron chi connectivity index (χ4n) is 3.83. The van der Waals surface area contributed by atoms with E-state index in [9.17, 15) is 9.59 Å². The van der Waals surface area contributed by atoms with Crippen LogP contribution in [-0.4, -0.2) is 18.4 Å². The fourth-order valence-corrected chi connectivity index (χ4v) is 5.14. The van der Waals surface area contributed by atoms with E-state index < -0.39 is 5.91 Å². The first kappa shape index (κ1) is 20.6. The van der Waals surface area contributed by atoms with Crippen molar-refractivity contribution >= 4 is 28.2 Å². The van der Waals surface area contributed by atoms with Gasteiger partial charge in [0.2, 0.25) is 5.91 Å². The number of amides is 2. The van der Waals surface area contributed by atoms with Crippen LogP contribution in [0.2, 0.25) is 0 Å². The first-order valence-electron chi connectivity index (χ1n) is 9.97. The Morgan fingerprint density at radius 3 is 2.50 bits per heavy atom. The van der Waals surface area contributed by atoms with Gasteiger partial charge in [-0.05, 0) is 48.3 Å². The lowest BCUT2D eigenvalue weighted by Crippen LogP contribution is -2.34. The Bertz CT molecular complexity index is 855. The van der Waals surface area contributed by atoms with Gasteiger partial charge in [-0.1, -0.05) is 45.0 Å². The highest BCUT2D eigenvalue weighted by atomic mass is 32.1. The number of rotatable bonds is 8. The Labute approximate surface area is 170 Å². The summed E-state index contributed by atoms with van der Waals surface area (Å²) in [6.45, 7) is 6.59. The van der Waals surface area contributed by atoms with E-state index in [2.05, 4.69) is 55.7 Å². The zero-order valence-corrected chi connectivity index (χ0v) is 17.6. The summed E-state index contributed by atoms with van der Waals surface area (Å²) in [6, 6.07) is 8.62. The van der Waals surface area contributed by atoms with Crippen LogP contribution in [-0.2, 0) is 24.1 Å². The third-order valence-electron chi connectivity index (χ3n) is 5.32. The maximum absolute atomic E-state index is 12.6. The smallest absolute Gasteiger partial charge is 0.251 e. The maximum atomic E-state index is 12.6. The summed E-state index contributed by atoms with van der Waals surface area (Å²) < 4.78 is 0. The van der Waals surface area contributed by atoms with Crippen LogP contribution in [0.1, 0.15) is 65.2 Å². The molecule has 1 aliphatic carbocycles. The number of hydrogen-bond donors (Lipinski definition) is 3. The van der Waals surface area contributed by atoms with Gasteiger partial charge in [0, 0.05) is 10.9 Å². The van der Waals surface area contributed by atoms with Crippen LogP contribution in [0, 0.1) is 5.92 Å². The first-order valence-corrected chi connectivity index (χ1v) is 10.8. The summed E-state index contributed by atoms with van der Waals surface area (Å²) in [5.41, 5.74) is 9.57.